The number of aromatic nitrogens is 1. The van der Waals surface area contributed by atoms with Gasteiger partial charge < -0.3 is 4.98 Å². The maximum Gasteiger partial charge on any atom is 0.114 e. The van der Waals surface area contributed by atoms with Crippen LogP contribution in [-0.4, -0.2) is 16.4 Å². The minimum Gasteiger partial charge on any atom is -0.352 e. The van der Waals surface area contributed by atoms with E-state index in [0.29, 0.717) is 0 Å². The molecule has 37 heavy (non-hydrogen) atoms. The van der Waals surface area contributed by atoms with E-state index >= 15 is 0 Å². The Bertz CT molecular complexity index is 1380. The van der Waals surface area contributed by atoms with E-state index in [2.05, 4.69) is 78.2 Å². The molecule has 5 heteroatoms. The van der Waals surface area contributed by atoms with Crippen molar-refractivity contribution in [2.75, 3.05) is 10.9 Å². The van der Waals surface area contributed by atoms with Crippen molar-refractivity contribution in [3.8, 4) is 0 Å². The van der Waals surface area contributed by atoms with Crippen molar-refractivity contribution in [3.05, 3.63) is 155 Å². The van der Waals surface area contributed by atoms with Gasteiger partial charge in [-0.2, -0.15) is 10.2 Å². The summed E-state index contributed by atoms with van der Waals surface area (Å²) in [6.07, 6.45) is 0. The summed E-state index contributed by atoms with van der Waals surface area (Å²) in [5.41, 5.74) is 16.1. The van der Waals surface area contributed by atoms with E-state index in [9.17, 15) is 0 Å². The Labute approximate surface area is 217 Å². The van der Waals surface area contributed by atoms with Crippen LogP contribution in [-0.2, 0) is 0 Å². The monoisotopic (exact) mass is 483 g/mol. The molecule has 5 rings (SSSR count). The first kappa shape index (κ1) is 23.8. The van der Waals surface area contributed by atoms with Crippen LogP contribution in [0.25, 0.3) is 0 Å². The molecule has 0 spiro atoms. The van der Waals surface area contributed by atoms with E-state index in [-0.39, 0.29) is 0 Å². The van der Waals surface area contributed by atoms with Gasteiger partial charge in [0.2, 0.25) is 0 Å². The number of aryl methyl sites for hydroxylation is 2. The second kappa shape index (κ2) is 11.2. The summed E-state index contributed by atoms with van der Waals surface area (Å²) in [7, 11) is 0. The molecule has 0 bridgehead atoms. The zero-order chi connectivity index (χ0) is 25.5. The lowest BCUT2D eigenvalue weighted by Crippen LogP contribution is -2.10. The molecule has 5 aromatic rings. The number of H-pyrrole nitrogens is 1. The number of aromatic amines is 1. The number of hydrogen-bond acceptors (Lipinski definition) is 4. The molecule has 4 aromatic carbocycles. The maximum atomic E-state index is 4.79. The van der Waals surface area contributed by atoms with Gasteiger partial charge in [-0.05, 0) is 50.2 Å². The molecular formula is C32H29N5. The number of hydrogen-bond donors (Lipinski definition) is 3. The Balaban J connectivity index is 1.53. The molecule has 5 nitrogen and oxygen atoms in total. The second-order valence-electron chi connectivity index (χ2n) is 8.89. The van der Waals surface area contributed by atoms with Crippen molar-refractivity contribution in [1.29, 1.82) is 0 Å². The van der Waals surface area contributed by atoms with Gasteiger partial charge in [-0.15, -0.1) is 0 Å². The number of nitrogens with zero attached hydrogens (tertiary/aromatic N) is 2. The lowest BCUT2D eigenvalue weighted by atomic mass is 10.1. The highest BCUT2D eigenvalue weighted by Crippen LogP contribution is 2.18. The SMILES string of the molecule is Cc1ccc(/C(=N/Nc2ccccc2)c2ccc(/C(=N\Nc3ccccc3)c3ccc(C)cc3)[nH]2)cc1. The van der Waals surface area contributed by atoms with Crippen LogP contribution in [0.5, 0.6) is 0 Å². The molecule has 0 saturated heterocycles. The van der Waals surface area contributed by atoms with Crippen LogP contribution in [0.4, 0.5) is 11.4 Å². The van der Waals surface area contributed by atoms with E-state index in [4.69, 9.17) is 10.2 Å². The molecule has 182 valence electrons. The molecule has 1 aromatic heterocycles. The molecule has 3 N–H and O–H groups in total. The normalized spacial score (nSPS) is 11.8. The Kier molecular flexibility index (Phi) is 7.23. The van der Waals surface area contributed by atoms with Gasteiger partial charge in [-0.3, -0.25) is 10.9 Å². The van der Waals surface area contributed by atoms with E-state index in [1.807, 2.05) is 72.8 Å². The third-order valence-electron chi connectivity index (χ3n) is 5.99. The summed E-state index contributed by atoms with van der Waals surface area (Å²) in [6.45, 7) is 4.17. The fourth-order valence-electron chi connectivity index (χ4n) is 3.92. The number of para-hydroxylation sites is 2. The van der Waals surface area contributed by atoms with Gasteiger partial charge in [0, 0.05) is 11.1 Å². The Hall–Kier alpha value is -4.90. The van der Waals surface area contributed by atoms with Crippen molar-refractivity contribution >= 4 is 22.8 Å². The fraction of sp³-hybridized carbons (Fsp3) is 0.0625. The summed E-state index contributed by atoms with van der Waals surface area (Å²) in [6, 6.07) is 40.7. The third kappa shape index (κ3) is 6.03. The van der Waals surface area contributed by atoms with Gasteiger partial charge in [0.05, 0.1) is 22.8 Å². The van der Waals surface area contributed by atoms with E-state index < -0.39 is 0 Å². The standard InChI is InChI=1S/C32H29N5/c1-23-13-17-25(18-14-23)31(36-34-27-9-5-3-6-10-27)29-21-22-30(33-29)32(26-19-15-24(2)16-20-26)37-35-28-11-7-4-8-12-28/h3-22,33-35H,1-2H3/b36-31-,37-32-. The fourth-order valence-corrected chi connectivity index (χ4v) is 3.92. The molecule has 0 radical (unpaired) electrons. The van der Waals surface area contributed by atoms with Gasteiger partial charge in [0.15, 0.2) is 0 Å². The lowest BCUT2D eigenvalue weighted by molar-refractivity contribution is 1.26. The Morgan fingerprint density at radius 3 is 1.24 bits per heavy atom. The van der Waals surface area contributed by atoms with Crippen LogP contribution in [0.2, 0.25) is 0 Å². The molecular weight excluding hydrogens is 454 g/mol. The topological polar surface area (TPSA) is 64.6 Å². The predicted octanol–water partition coefficient (Wildman–Crippen LogP) is 7.36. The summed E-state index contributed by atoms with van der Waals surface area (Å²) >= 11 is 0. The molecule has 0 fully saturated rings. The zero-order valence-corrected chi connectivity index (χ0v) is 20.9. The highest BCUT2D eigenvalue weighted by atomic mass is 15.3. The van der Waals surface area contributed by atoms with Gasteiger partial charge in [0.25, 0.3) is 0 Å². The number of benzene rings is 4. The minimum atomic E-state index is 0.814. The number of hydrazone groups is 2. The highest BCUT2D eigenvalue weighted by molar-refractivity contribution is 6.15. The van der Waals surface area contributed by atoms with Crippen molar-refractivity contribution in [2.24, 2.45) is 10.2 Å². The second-order valence-corrected chi connectivity index (χ2v) is 8.89. The maximum absolute atomic E-state index is 4.79. The van der Waals surface area contributed by atoms with Crippen LogP contribution < -0.4 is 10.9 Å². The average Bonchev–Trinajstić information content (AvgIpc) is 3.42. The summed E-state index contributed by atoms with van der Waals surface area (Å²) in [5.74, 6) is 0. The molecule has 0 atom stereocenters. The van der Waals surface area contributed by atoms with E-state index in [0.717, 1.165) is 45.3 Å². The van der Waals surface area contributed by atoms with Crippen molar-refractivity contribution in [1.82, 2.24) is 4.98 Å². The van der Waals surface area contributed by atoms with Gasteiger partial charge in [-0.1, -0.05) is 96.1 Å². The van der Waals surface area contributed by atoms with E-state index in [1.54, 1.807) is 0 Å². The number of nitrogens with one attached hydrogen (secondary N) is 3. The van der Waals surface area contributed by atoms with Gasteiger partial charge in [-0.25, -0.2) is 0 Å². The minimum absolute atomic E-state index is 0.814. The lowest BCUT2D eigenvalue weighted by Gasteiger charge is -2.09. The van der Waals surface area contributed by atoms with Crippen LogP contribution in [0.3, 0.4) is 0 Å². The Morgan fingerprint density at radius 2 is 0.865 bits per heavy atom. The van der Waals surface area contributed by atoms with Crippen molar-refractivity contribution < 1.29 is 0 Å². The van der Waals surface area contributed by atoms with Crippen LogP contribution in [0.1, 0.15) is 33.6 Å². The van der Waals surface area contributed by atoms with Crippen LogP contribution in [0.15, 0.2) is 132 Å². The highest BCUT2D eigenvalue weighted by Gasteiger charge is 2.15. The summed E-state index contributed by atoms with van der Waals surface area (Å²) in [5, 5.41) is 9.59. The quantitative estimate of drug-likeness (QED) is 0.159. The first-order valence-electron chi connectivity index (χ1n) is 12.3. The molecule has 0 aliphatic heterocycles. The van der Waals surface area contributed by atoms with Crippen molar-refractivity contribution in [2.45, 2.75) is 13.8 Å². The van der Waals surface area contributed by atoms with Gasteiger partial charge in [0.1, 0.15) is 11.4 Å². The molecule has 0 unspecified atom stereocenters. The largest absolute Gasteiger partial charge is 0.352 e. The number of anilines is 2. The summed E-state index contributed by atoms with van der Waals surface area (Å²) < 4.78 is 0. The van der Waals surface area contributed by atoms with Gasteiger partial charge >= 0.3 is 0 Å². The smallest absolute Gasteiger partial charge is 0.114 e. The first-order valence-corrected chi connectivity index (χ1v) is 12.3. The molecule has 0 saturated carbocycles. The third-order valence-corrected chi connectivity index (χ3v) is 5.99. The van der Waals surface area contributed by atoms with Crippen LogP contribution >= 0.6 is 0 Å². The summed E-state index contributed by atoms with van der Waals surface area (Å²) in [4.78, 5) is 3.57. The van der Waals surface area contributed by atoms with Crippen molar-refractivity contribution in [3.63, 3.8) is 0 Å². The van der Waals surface area contributed by atoms with E-state index in [1.165, 1.54) is 11.1 Å². The predicted molar refractivity (Wildman–Crippen MR) is 155 cm³/mol. The average molecular weight is 484 g/mol. The molecule has 0 aliphatic carbocycles. The Morgan fingerprint density at radius 1 is 0.486 bits per heavy atom. The zero-order valence-electron chi connectivity index (χ0n) is 20.9. The first-order chi connectivity index (χ1) is 18.2. The number of rotatable bonds is 8. The van der Waals surface area contributed by atoms with Crippen LogP contribution in [0, 0.1) is 13.8 Å². The molecule has 0 aliphatic rings. The molecule has 1 heterocycles. The molecule has 0 amide bonds.